The van der Waals surface area contributed by atoms with Crippen molar-refractivity contribution in [3.8, 4) is 0 Å². The number of nitrogens with zero attached hydrogens (tertiary/aromatic N) is 1. The van der Waals surface area contributed by atoms with Crippen LogP contribution < -0.4 is 5.32 Å². The van der Waals surface area contributed by atoms with Gasteiger partial charge in [-0.3, -0.25) is 10.1 Å². The van der Waals surface area contributed by atoms with Gasteiger partial charge in [-0.2, -0.15) is 0 Å². The average Bonchev–Trinajstić information content (AvgIpc) is 2.73. The number of fused-ring (bicyclic) bond motifs is 1. The van der Waals surface area contributed by atoms with Gasteiger partial charge in [-0.05, 0) is 37.2 Å². The third kappa shape index (κ3) is 2.16. The van der Waals surface area contributed by atoms with Crippen LogP contribution in [0.1, 0.15) is 24.0 Å². The maximum Gasteiger partial charge on any atom is 0.272 e. The molecule has 2 aliphatic carbocycles. The molecule has 0 spiro atoms. The van der Waals surface area contributed by atoms with Crippen molar-refractivity contribution in [2.24, 2.45) is 11.8 Å². The van der Waals surface area contributed by atoms with Crippen LogP contribution in [0.25, 0.3) is 0 Å². The Labute approximate surface area is 112 Å². The third-order valence-electron chi connectivity index (χ3n) is 4.53. The molecular weight excluding hydrogens is 240 g/mol. The number of nitro benzene ring substituents is 1. The lowest BCUT2D eigenvalue weighted by atomic mass is 9.71. The summed E-state index contributed by atoms with van der Waals surface area (Å²) < 4.78 is 0. The van der Waals surface area contributed by atoms with E-state index in [2.05, 4.69) is 17.5 Å². The van der Waals surface area contributed by atoms with E-state index in [-0.39, 0.29) is 10.6 Å². The van der Waals surface area contributed by atoms with Crippen LogP contribution in [0.4, 0.5) is 5.69 Å². The molecule has 1 aromatic carbocycles. The van der Waals surface area contributed by atoms with Crippen molar-refractivity contribution in [2.45, 2.75) is 32.4 Å². The molecule has 1 N–H and O–H groups in total. The van der Waals surface area contributed by atoms with Crippen molar-refractivity contribution in [3.05, 3.63) is 51.6 Å². The van der Waals surface area contributed by atoms with Crippen molar-refractivity contribution in [3.63, 3.8) is 0 Å². The summed E-state index contributed by atoms with van der Waals surface area (Å²) in [5, 5.41) is 14.4. The second-order valence-corrected chi connectivity index (χ2v) is 5.54. The summed E-state index contributed by atoms with van der Waals surface area (Å²) in [5.74, 6) is 1.52. The van der Waals surface area contributed by atoms with Gasteiger partial charge in [0.05, 0.1) is 4.92 Å². The van der Waals surface area contributed by atoms with Gasteiger partial charge in [-0.1, -0.05) is 24.3 Å². The first kappa shape index (κ1) is 12.4. The molecule has 0 aromatic heterocycles. The smallest absolute Gasteiger partial charge is 0.272 e. The van der Waals surface area contributed by atoms with Crippen molar-refractivity contribution in [2.75, 3.05) is 0 Å². The molecular formula is C15H18N2O2. The van der Waals surface area contributed by atoms with Gasteiger partial charge >= 0.3 is 0 Å². The van der Waals surface area contributed by atoms with Gasteiger partial charge in [0.1, 0.15) is 0 Å². The minimum absolute atomic E-state index is 0.214. The molecule has 3 atom stereocenters. The van der Waals surface area contributed by atoms with Crippen LogP contribution in [0.15, 0.2) is 30.4 Å². The average molecular weight is 258 g/mol. The normalized spacial score (nSPS) is 27.9. The lowest BCUT2D eigenvalue weighted by Gasteiger charge is -2.40. The second-order valence-electron chi connectivity index (χ2n) is 5.54. The van der Waals surface area contributed by atoms with Crippen LogP contribution >= 0.6 is 0 Å². The largest absolute Gasteiger partial charge is 0.309 e. The van der Waals surface area contributed by atoms with Crippen LogP contribution in [0.2, 0.25) is 0 Å². The summed E-state index contributed by atoms with van der Waals surface area (Å²) in [7, 11) is 0. The molecule has 1 aromatic rings. The molecule has 0 amide bonds. The highest BCUT2D eigenvalue weighted by Crippen LogP contribution is 2.42. The number of nitro groups is 1. The molecule has 1 fully saturated rings. The Kier molecular flexibility index (Phi) is 3.11. The van der Waals surface area contributed by atoms with Crippen LogP contribution in [-0.4, -0.2) is 11.0 Å². The molecule has 4 nitrogen and oxygen atoms in total. The first-order valence-corrected chi connectivity index (χ1v) is 6.79. The molecule has 4 heteroatoms. The highest BCUT2D eigenvalue weighted by atomic mass is 16.6. The monoisotopic (exact) mass is 258 g/mol. The number of hydrogen-bond donors (Lipinski definition) is 1. The fourth-order valence-electron chi connectivity index (χ4n) is 3.25. The van der Waals surface area contributed by atoms with E-state index >= 15 is 0 Å². The topological polar surface area (TPSA) is 55.2 Å². The molecule has 0 bridgehead atoms. The minimum atomic E-state index is -0.308. The lowest BCUT2D eigenvalue weighted by molar-refractivity contribution is -0.385. The Morgan fingerprint density at radius 1 is 1.47 bits per heavy atom. The van der Waals surface area contributed by atoms with Gasteiger partial charge < -0.3 is 5.32 Å². The molecule has 3 rings (SSSR count). The van der Waals surface area contributed by atoms with Crippen LogP contribution in [0.5, 0.6) is 0 Å². The van der Waals surface area contributed by atoms with E-state index in [1.807, 2.05) is 13.0 Å². The van der Waals surface area contributed by atoms with Gasteiger partial charge in [0.25, 0.3) is 5.69 Å². The van der Waals surface area contributed by atoms with Crippen molar-refractivity contribution >= 4 is 5.69 Å². The number of nitrogens with one attached hydrogen (secondary N) is 1. The van der Waals surface area contributed by atoms with E-state index in [0.717, 1.165) is 23.6 Å². The van der Waals surface area contributed by atoms with Gasteiger partial charge in [0.15, 0.2) is 0 Å². The molecule has 0 aliphatic heterocycles. The Bertz CT molecular complexity index is 539. The zero-order chi connectivity index (χ0) is 13.4. The van der Waals surface area contributed by atoms with Crippen LogP contribution in [0.3, 0.4) is 0 Å². The quantitative estimate of drug-likeness (QED) is 0.513. The first-order chi connectivity index (χ1) is 9.16. The number of hydrogen-bond acceptors (Lipinski definition) is 3. The maximum absolute atomic E-state index is 10.9. The highest BCUT2D eigenvalue weighted by molar-refractivity contribution is 5.44. The van der Waals surface area contributed by atoms with Crippen molar-refractivity contribution in [1.29, 1.82) is 0 Å². The van der Waals surface area contributed by atoms with E-state index < -0.39 is 0 Å². The van der Waals surface area contributed by atoms with Gasteiger partial charge in [-0.15, -0.1) is 0 Å². The molecule has 1 saturated carbocycles. The molecule has 100 valence electrons. The zero-order valence-electron chi connectivity index (χ0n) is 11.0. The molecule has 0 heterocycles. The molecule has 0 saturated heterocycles. The van der Waals surface area contributed by atoms with E-state index in [9.17, 15) is 10.1 Å². The molecule has 0 radical (unpaired) electrons. The standard InChI is InChI=1S/C15H18N2O2/c1-10-12(5-3-7-15(10)17(18)19)9-16-14-8-11-4-2-6-13(11)14/h2-3,5-7,11,13-14,16H,4,8-9H2,1H3. The third-order valence-corrected chi connectivity index (χ3v) is 4.53. The summed E-state index contributed by atoms with van der Waals surface area (Å²) >= 11 is 0. The fraction of sp³-hybridized carbons (Fsp3) is 0.467. The molecule has 2 aliphatic rings. The van der Waals surface area contributed by atoms with E-state index in [4.69, 9.17) is 0 Å². The lowest BCUT2D eigenvalue weighted by Crippen LogP contribution is -2.47. The molecule has 19 heavy (non-hydrogen) atoms. The summed E-state index contributed by atoms with van der Waals surface area (Å²) in [6.45, 7) is 2.55. The van der Waals surface area contributed by atoms with Crippen molar-refractivity contribution < 1.29 is 4.92 Å². The van der Waals surface area contributed by atoms with E-state index in [1.165, 1.54) is 12.8 Å². The SMILES string of the molecule is Cc1c(CNC2CC3CC=CC32)cccc1[N+](=O)[O-]. The highest BCUT2D eigenvalue weighted by Gasteiger charge is 2.40. The Morgan fingerprint density at radius 3 is 3.05 bits per heavy atom. The second kappa shape index (κ2) is 4.78. The summed E-state index contributed by atoms with van der Waals surface area (Å²) in [5.41, 5.74) is 2.02. The summed E-state index contributed by atoms with van der Waals surface area (Å²) in [6, 6.07) is 5.84. The zero-order valence-corrected chi connectivity index (χ0v) is 11.0. The number of benzene rings is 1. The minimum Gasteiger partial charge on any atom is -0.309 e. The van der Waals surface area contributed by atoms with Gasteiger partial charge in [-0.25, -0.2) is 0 Å². The number of allylic oxidation sites excluding steroid dienone is 1. The Balaban J connectivity index is 1.66. The van der Waals surface area contributed by atoms with Gasteiger partial charge in [0.2, 0.25) is 0 Å². The molecule has 3 unspecified atom stereocenters. The van der Waals surface area contributed by atoms with Crippen molar-refractivity contribution in [1.82, 2.24) is 5.32 Å². The first-order valence-electron chi connectivity index (χ1n) is 6.79. The summed E-state index contributed by atoms with van der Waals surface area (Å²) in [6.07, 6.45) is 7.03. The van der Waals surface area contributed by atoms with Gasteiger partial charge in [0, 0.05) is 24.2 Å². The predicted octanol–water partition coefficient (Wildman–Crippen LogP) is 2.96. The van der Waals surface area contributed by atoms with E-state index in [0.29, 0.717) is 12.0 Å². The number of rotatable bonds is 4. The Hall–Kier alpha value is -1.68. The van der Waals surface area contributed by atoms with E-state index in [1.54, 1.807) is 12.1 Å². The predicted molar refractivity (Wildman–Crippen MR) is 73.8 cm³/mol. The summed E-state index contributed by atoms with van der Waals surface area (Å²) in [4.78, 5) is 10.6. The Morgan fingerprint density at radius 2 is 2.32 bits per heavy atom. The fourth-order valence-corrected chi connectivity index (χ4v) is 3.25. The van der Waals surface area contributed by atoms with Crippen LogP contribution in [0, 0.1) is 28.9 Å². The maximum atomic E-state index is 10.9. The van der Waals surface area contributed by atoms with Crippen LogP contribution in [-0.2, 0) is 6.54 Å².